The van der Waals surface area contributed by atoms with Crippen LogP contribution in [-0.2, 0) is 11.0 Å². The molecule has 3 aromatic carbocycles. The van der Waals surface area contributed by atoms with Crippen molar-refractivity contribution in [2.24, 2.45) is 0 Å². The van der Waals surface area contributed by atoms with E-state index in [1.807, 2.05) is 33.8 Å². The van der Waals surface area contributed by atoms with Gasteiger partial charge in [0.25, 0.3) is 5.76 Å². The van der Waals surface area contributed by atoms with E-state index in [4.69, 9.17) is 18.6 Å². The first kappa shape index (κ1) is 26.8. The van der Waals surface area contributed by atoms with Gasteiger partial charge in [-0.25, -0.2) is 4.79 Å². The Morgan fingerprint density at radius 2 is 1.66 bits per heavy atom. The first-order valence-electron chi connectivity index (χ1n) is 11.8. The number of fused-ring (bicyclic) bond motifs is 1. The first-order valence-corrected chi connectivity index (χ1v) is 11.8. The van der Waals surface area contributed by atoms with E-state index >= 15 is 0 Å². The van der Waals surface area contributed by atoms with Gasteiger partial charge < -0.3 is 18.6 Å². The van der Waals surface area contributed by atoms with Crippen molar-refractivity contribution in [1.29, 1.82) is 0 Å². The van der Waals surface area contributed by atoms with E-state index in [1.54, 1.807) is 30.3 Å². The minimum absolute atomic E-state index is 0.0655. The Labute approximate surface area is 216 Å². The molecule has 0 aliphatic rings. The Morgan fingerprint density at radius 1 is 0.947 bits per heavy atom. The zero-order valence-corrected chi connectivity index (χ0v) is 21.1. The molecule has 0 aliphatic carbocycles. The molecule has 0 saturated heterocycles. The highest BCUT2D eigenvalue weighted by Gasteiger charge is 2.40. The lowest BCUT2D eigenvalue weighted by molar-refractivity contribution is -0.154. The molecule has 0 fully saturated rings. The lowest BCUT2D eigenvalue weighted by Gasteiger charge is -2.16. The molecule has 0 aliphatic heterocycles. The number of hydrogen-bond donors (Lipinski definition) is 0. The standard InChI is InChI=1S/C29H25F3O6/c1-16(2)21-7-5-6-8-23(21)37-27-26(34)22-12-11-20(14-24(22)38-28(27)29(30,31)32)36-25(33)15-35-19-10-9-17(3)18(4)13-19/h5-14,16H,15H2,1-4H3. The fourth-order valence-electron chi connectivity index (χ4n) is 3.77. The average Bonchev–Trinajstić information content (AvgIpc) is 2.85. The van der Waals surface area contributed by atoms with Gasteiger partial charge >= 0.3 is 12.1 Å². The molecule has 0 spiro atoms. The van der Waals surface area contributed by atoms with Gasteiger partial charge in [0, 0.05) is 6.07 Å². The first-order chi connectivity index (χ1) is 17.9. The van der Waals surface area contributed by atoms with Crippen LogP contribution in [0.4, 0.5) is 13.2 Å². The summed E-state index contributed by atoms with van der Waals surface area (Å²) in [5, 5.41) is -0.166. The molecule has 9 heteroatoms. The van der Waals surface area contributed by atoms with Crippen molar-refractivity contribution in [3.63, 3.8) is 0 Å². The van der Waals surface area contributed by atoms with Gasteiger partial charge in [-0.3, -0.25) is 4.79 Å². The molecule has 0 saturated carbocycles. The summed E-state index contributed by atoms with van der Waals surface area (Å²) in [4.78, 5) is 25.4. The van der Waals surface area contributed by atoms with Gasteiger partial charge in [-0.15, -0.1) is 0 Å². The zero-order chi connectivity index (χ0) is 27.6. The van der Waals surface area contributed by atoms with E-state index in [9.17, 15) is 22.8 Å². The monoisotopic (exact) mass is 526 g/mol. The number of esters is 1. The van der Waals surface area contributed by atoms with Crippen molar-refractivity contribution in [2.45, 2.75) is 39.8 Å². The number of hydrogen-bond acceptors (Lipinski definition) is 6. The second kappa shape index (κ2) is 10.6. The van der Waals surface area contributed by atoms with E-state index in [2.05, 4.69) is 0 Å². The number of alkyl halides is 3. The van der Waals surface area contributed by atoms with Crippen molar-refractivity contribution in [3.05, 3.63) is 93.3 Å². The van der Waals surface area contributed by atoms with Crippen LogP contribution >= 0.6 is 0 Å². The van der Waals surface area contributed by atoms with Crippen molar-refractivity contribution < 1.29 is 36.6 Å². The highest BCUT2D eigenvalue weighted by molar-refractivity contribution is 5.81. The average molecular weight is 527 g/mol. The van der Waals surface area contributed by atoms with E-state index in [0.717, 1.165) is 17.2 Å². The van der Waals surface area contributed by atoms with Gasteiger partial charge in [-0.1, -0.05) is 38.1 Å². The molecule has 4 aromatic rings. The third kappa shape index (κ3) is 5.82. The number of carbonyl (C=O) groups excluding carboxylic acids is 1. The van der Waals surface area contributed by atoms with Gasteiger partial charge in [-0.05, 0) is 66.8 Å². The fourth-order valence-corrected chi connectivity index (χ4v) is 3.77. The molecule has 0 atom stereocenters. The van der Waals surface area contributed by atoms with E-state index in [0.29, 0.717) is 11.3 Å². The Hall–Kier alpha value is -4.27. The van der Waals surface area contributed by atoms with Gasteiger partial charge in [0.1, 0.15) is 22.8 Å². The minimum Gasteiger partial charge on any atom is -0.482 e. The summed E-state index contributed by atoms with van der Waals surface area (Å²) in [5.41, 5.74) is 1.26. The zero-order valence-electron chi connectivity index (χ0n) is 21.1. The van der Waals surface area contributed by atoms with Crippen LogP contribution in [0.25, 0.3) is 11.0 Å². The van der Waals surface area contributed by atoms with Crippen molar-refractivity contribution >= 4 is 16.9 Å². The predicted octanol–water partition coefficient (Wildman–Crippen LogP) is 7.33. The highest BCUT2D eigenvalue weighted by Crippen LogP contribution is 2.40. The third-order valence-electron chi connectivity index (χ3n) is 5.90. The Bertz CT molecular complexity index is 1550. The van der Waals surface area contributed by atoms with Crippen LogP contribution in [0.5, 0.6) is 23.0 Å². The quantitative estimate of drug-likeness (QED) is 0.185. The lowest BCUT2D eigenvalue weighted by atomic mass is 10.0. The van der Waals surface area contributed by atoms with Crippen LogP contribution in [0, 0.1) is 13.8 Å². The van der Waals surface area contributed by atoms with Crippen molar-refractivity contribution in [3.8, 4) is 23.0 Å². The topological polar surface area (TPSA) is 75.0 Å². The smallest absolute Gasteiger partial charge is 0.453 e. The molecule has 0 unspecified atom stereocenters. The van der Waals surface area contributed by atoms with Crippen molar-refractivity contribution in [1.82, 2.24) is 0 Å². The van der Waals surface area contributed by atoms with Crippen LogP contribution in [-0.4, -0.2) is 12.6 Å². The molecular formula is C29H25F3O6. The van der Waals surface area contributed by atoms with E-state index in [1.165, 1.54) is 18.2 Å². The molecular weight excluding hydrogens is 501 g/mol. The molecule has 198 valence electrons. The molecule has 0 amide bonds. The maximum atomic E-state index is 13.9. The summed E-state index contributed by atoms with van der Waals surface area (Å²) in [7, 11) is 0. The number of para-hydroxylation sites is 1. The van der Waals surface area contributed by atoms with Gasteiger partial charge in [0.05, 0.1) is 5.39 Å². The number of benzene rings is 3. The van der Waals surface area contributed by atoms with E-state index < -0.39 is 41.3 Å². The van der Waals surface area contributed by atoms with E-state index in [-0.39, 0.29) is 22.8 Å². The summed E-state index contributed by atoms with van der Waals surface area (Å²) in [6.07, 6.45) is -5.03. The summed E-state index contributed by atoms with van der Waals surface area (Å²) < 4.78 is 63.0. The van der Waals surface area contributed by atoms with Crippen LogP contribution in [0.1, 0.15) is 42.2 Å². The molecule has 1 heterocycles. The Morgan fingerprint density at radius 3 is 2.34 bits per heavy atom. The predicted molar refractivity (Wildman–Crippen MR) is 135 cm³/mol. The van der Waals surface area contributed by atoms with Crippen LogP contribution in [0.3, 0.4) is 0 Å². The number of rotatable bonds is 7. The number of aryl methyl sites for hydroxylation is 2. The lowest BCUT2D eigenvalue weighted by Crippen LogP contribution is -2.18. The maximum Gasteiger partial charge on any atom is 0.453 e. The van der Waals surface area contributed by atoms with Crippen LogP contribution < -0.4 is 19.6 Å². The second-order valence-electron chi connectivity index (χ2n) is 9.05. The summed E-state index contributed by atoms with van der Waals surface area (Å²) >= 11 is 0. The highest BCUT2D eigenvalue weighted by atomic mass is 19.4. The fraction of sp³-hybridized carbons (Fsp3) is 0.241. The van der Waals surface area contributed by atoms with Gasteiger partial charge in [0.15, 0.2) is 6.61 Å². The Balaban J connectivity index is 1.63. The number of halogens is 3. The molecule has 4 rings (SSSR count). The second-order valence-corrected chi connectivity index (χ2v) is 9.05. The molecule has 38 heavy (non-hydrogen) atoms. The number of carbonyl (C=O) groups is 1. The molecule has 0 bridgehead atoms. The number of ether oxygens (including phenoxy) is 3. The van der Waals surface area contributed by atoms with Crippen molar-refractivity contribution in [2.75, 3.05) is 6.61 Å². The Kier molecular flexibility index (Phi) is 7.48. The summed E-state index contributed by atoms with van der Waals surface area (Å²) in [6.45, 7) is 7.12. The van der Waals surface area contributed by atoms with Gasteiger partial charge in [0.2, 0.25) is 11.2 Å². The summed E-state index contributed by atoms with van der Waals surface area (Å²) in [6, 6.07) is 15.4. The van der Waals surface area contributed by atoms with Crippen LogP contribution in [0.15, 0.2) is 69.9 Å². The minimum atomic E-state index is -5.03. The molecule has 0 N–H and O–H groups in total. The van der Waals surface area contributed by atoms with Crippen LogP contribution in [0.2, 0.25) is 0 Å². The molecule has 6 nitrogen and oxygen atoms in total. The summed E-state index contributed by atoms with van der Waals surface area (Å²) in [5.74, 6) is -2.93. The normalized spacial score (nSPS) is 11.6. The SMILES string of the molecule is Cc1ccc(OCC(=O)Oc2ccc3c(=O)c(Oc4ccccc4C(C)C)c(C(F)(F)F)oc3c2)cc1C. The van der Waals surface area contributed by atoms with Gasteiger partial charge in [-0.2, -0.15) is 13.2 Å². The maximum absolute atomic E-state index is 13.9. The molecule has 1 aromatic heterocycles. The largest absolute Gasteiger partial charge is 0.482 e. The molecule has 0 radical (unpaired) electrons. The third-order valence-corrected chi connectivity index (χ3v) is 5.90.